The number of H-pyrrole nitrogens is 1. The van der Waals surface area contributed by atoms with Gasteiger partial charge in [-0.15, -0.1) is 0 Å². The minimum atomic E-state index is -0.221. The van der Waals surface area contributed by atoms with Gasteiger partial charge in [-0.25, -0.2) is 4.79 Å². The summed E-state index contributed by atoms with van der Waals surface area (Å²) in [6.07, 6.45) is 2.71. The van der Waals surface area contributed by atoms with Crippen LogP contribution in [0.1, 0.15) is 5.56 Å². The van der Waals surface area contributed by atoms with Gasteiger partial charge in [-0.1, -0.05) is 12.1 Å². The maximum atomic E-state index is 11.9. The molecule has 3 aromatic rings. The number of carbonyl (C=O) groups is 1. The molecule has 118 valence electrons. The van der Waals surface area contributed by atoms with Gasteiger partial charge < -0.3 is 20.4 Å². The van der Waals surface area contributed by atoms with Gasteiger partial charge in [-0.3, -0.25) is 0 Å². The number of benzene rings is 2. The van der Waals surface area contributed by atoms with E-state index < -0.39 is 0 Å². The second-order valence-electron chi connectivity index (χ2n) is 5.26. The molecule has 0 unspecified atom stereocenters. The fourth-order valence-corrected chi connectivity index (χ4v) is 2.45. The number of aromatic nitrogens is 1. The van der Waals surface area contributed by atoms with E-state index in [0.717, 1.165) is 11.9 Å². The lowest BCUT2D eigenvalue weighted by Gasteiger charge is -2.09. The maximum absolute atomic E-state index is 11.9. The van der Waals surface area contributed by atoms with Crippen LogP contribution in [-0.4, -0.2) is 24.7 Å². The molecule has 3 rings (SSSR count). The van der Waals surface area contributed by atoms with Crippen LogP contribution in [0.3, 0.4) is 0 Å². The average Bonchev–Trinajstić information content (AvgIpc) is 3.02. The van der Waals surface area contributed by atoms with E-state index in [-0.39, 0.29) is 6.03 Å². The van der Waals surface area contributed by atoms with Crippen molar-refractivity contribution in [2.75, 3.05) is 19.0 Å². The number of fused-ring (bicyclic) bond motifs is 1. The van der Waals surface area contributed by atoms with Crippen LogP contribution in [0, 0.1) is 0 Å². The number of anilines is 1. The molecular formula is C18H19N3O2. The molecule has 0 aliphatic rings. The molecule has 1 heterocycles. The van der Waals surface area contributed by atoms with Crippen molar-refractivity contribution < 1.29 is 9.53 Å². The molecule has 1 aromatic heterocycles. The van der Waals surface area contributed by atoms with Crippen molar-refractivity contribution in [3.63, 3.8) is 0 Å². The van der Waals surface area contributed by atoms with Gasteiger partial charge in [0.1, 0.15) is 5.75 Å². The number of urea groups is 1. The maximum Gasteiger partial charge on any atom is 0.319 e. The first-order valence-corrected chi connectivity index (χ1v) is 7.49. The van der Waals surface area contributed by atoms with E-state index in [9.17, 15) is 4.79 Å². The topological polar surface area (TPSA) is 66.2 Å². The first-order chi connectivity index (χ1) is 11.2. The van der Waals surface area contributed by atoms with Crippen molar-refractivity contribution in [2.45, 2.75) is 6.42 Å². The molecule has 0 fully saturated rings. The van der Waals surface area contributed by atoms with E-state index in [1.165, 1.54) is 10.9 Å². The third kappa shape index (κ3) is 3.83. The van der Waals surface area contributed by atoms with Crippen LogP contribution in [0.2, 0.25) is 0 Å². The summed E-state index contributed by atoms with van der Waals surface area (Å²) in [5, 5.41) is 6.84. The number of rotatable bonds is 5. The number of amides is 2. The number of nitrogens with one attached hydrogen (secondary N) is 3. The molecule has 0 bridgehead atoms. The first-order valence-electron chi connectivity index (χ1n) is 7.49. The molecule has 0 aliphatic heterocycles. The van der Waals surface area contributed by atoms with Gasteiger partial charge in [0.2, 0.25) is 0 Å². The van der Waals surface area contributed by atoms with Crippen LogP contribution in [0.5, 0.6) is 5.75 Å². The van der Waals surface area contributed by atoms with E-state index >= 15 is 0 Å². The second-order valence-corrected chi connectivity index (χ2v) is 5.26. The molecule has 5 heteroatoms. The number of aromatic amines is 1. The highest BCUT2D eigenvalue weighted by atomic mass is 16.5. The van der Waals surface area contributed by atoms with Crippen LogP contribution >= 0.6 is 0 Å². The predicted molar refractivity (Wildman–Crippen MR) is 92.0 cm³/mol. The Morgan fingerprint density at radius 1 is 1.17 bits per heavy atom. The number of methoxy groups -OCH3 is 1. The summed E-state index contributed by atoms with van der Waals surface area (Å²) in [4.78, 5) is 15.1. The van der Waals surface area contributed by atoms with E-state index in [1.54, 1.807) is 13.2 Å². The number of hydrogen-bond donors (Lipinski definition) is 3. The molecule has 23 heavy (non-hydrogen) atoms. The molecule has 0 atom stereocenters. The summed E-state index contributed by atoms with van der Waals surface area (Å²) >= 11 is 0. The van der Waals surface area contributed by atoms with E-state index in [1.807, 2.05) is 30.5 Å². The minimum Gasteiger partial charge on any atom is -0.497 e. The standard InChI is InChI=1S/C18H19N3O2/c1-23-16-4-2-3-15(12-16)21-18(22)20-9-7-13-5-6-17-14(11-13)8-10-19-17/h2-6,8,10-12,19H,7,9H2,1H3,(H2,20,21,22). The Morgan fingerprint density at radius 2 is 2.09 bits per heavy atom. The van der Waals surface area contributed by atoms with E-state index in [0.29, 0.717) is 18.0 Å². The van der Waals surface area contributed by atoms with Crippen LogP contribution in [0.15, 0.2) is 54.7 Å². The summed E-state index contributed by atoms with van der Waals surface area (Å²) in [6.45, 7) is 0.575. The van der Waals surface area contributed by atoms with Gasteiger partial charge in [-0.2, -0.15) is 0 Å². The summed E-state index contributed by atoms with van der Waals surface area (Å²) in [6, 6.07) is 15.3. The van der Waals surface area contributed by atoms with E-state index in [2.05, 4.69) is 33.8 Å². The summed E-state index contributed by atoms with van der Waals surface area (Å²) in [7, 11) is 1.60. The van der Waals surface area contributed by atoms with Gasteiger partial charge in [0.05, 0.1) is 7.11 Å². The zero-order chi connectivity index (χ0) is 16.1. The predicted octanol–water partition coefficient (Wildman–Crippen LogP) is 3.54. The summed E-state index contributed by atoms with van der Waals surface area (Å²) < 4.78 is 5.13. The Bertz CT molecular complexity index is 811. The highest BCUT2D eigenvalue weighted by molar-refractivity contribution is 5.89. The lowest BCUT2D eigenvalue weighted by atomic mass is 10.1. The zero-order valence-electron chi connectivity index (χ0n) is 12.9. The Hall–Kier alpha value is -2.95. The largest absolute Gasteiger partial charge is 0.497 e. The molecule has 0 radical (unpaired) electrons. The number of ether oxygens (including phenoxy) is 1. The third-order valence-corrected chi connectivity index (χ3v) is 3.64. The van der Waals surface area contributed by atoms with Crippen molar-refractivity contribution in [3.8, 4) is 5.75 Å². The second kappa shape index (κ2) is 6.87. The van der Waals surface area contributed by atoms with Crippen molar-refractivity contribution in [2.24, 2.45) is 0 Å². The SMILES string of the molecule is COc1cccc(NC(=O)NCCc2ccc3[nH]ccc3c2)c1. The molecule has 0 saturated carbocycles. The van der Waals surface area contributed by atoms with Crippen molar-refractivity contribution >= 4 is 22.6 Å². The Kier molecular flexibility index (Phi) is 4.47. The molecule has 0 aliphatic carbocycles. The summed E-state index contributed by atoms with van der Waals surface area (Å²) in [5.74, 6) is 0.711. The van der Waals surface area contributed by atoms with Gasteiger partial charge in [-0.05, 0) is 47.7 Å². The molecule has 5 nitrogen and oxygen atoms in total. The van der Waals surface area contributed by atoms with Crippen LogP contribution < -0.4 is 15.4 Å². The highest BCUT2D eigenvalue weighted by Crippen LogP contribution is 2.16. The van der Waals surface area contributed by atoms with Crippen LogP contribution in [0.25, 0.3) is 10.9 Å². The van der Waals surface area contributed by atoms with Gasteiger partial charge in [0, 0.05) is 30.0 Å². The quantitative estimate of drug-likeness (QED) is 0.675. The Morgan fingerprint density at radius 3 is 2.96 bits per heavy atom. The van der Waals surface area contributed by atoms with Crippen LogP contribution in [0.4, 0.5) is 10.5 Å². The van der Waals surface area contributed by atoms with Crippen molar-refractivity contribution in [3.05, 3.63) is 60.3 Å². The lowest BCUT2D eigenvalue weighted by Crippen LogP contribution is -2.30. The highest BCUT2D eigenvalue weighted by Gasteiger charge is 2.03. The van der Waals surface area contributed by atoms with Gasteiger partial charge in [0.15, 0.2) is 0 Å². The average molecular weight is 309 g/mol. The third-order valence-electron chi connectivity index (χ3n) is 3.64. The number of carbonyl (C=O) groups excluding carboxylic acids is 1. The van der Waals surface area contributed by atoms with E-state index in [4.69, 9.17) is 4.74 Å². The first kappa shape index (κ1) is 15.0. The molecule has 0 spiro atoms. The molecule has 3 N–H and O–H groups in total. The lowest BCUT2D eigenvalue weighted by molar-refractivity contribution is 0.252. The zero-order valence-corrected chi connectivity index (χ0v) is 12.9. The van der Waals surface area contributed by atoms with Gasteiger partial charge >= 0.3 is 6.03 Å². The Labute approximate surface area is 134 Å². The fourth-order valence-electron chi connectivity index (χ4n) is 2.45. The summed E-state index contributed by atoms with van der Waals surface area (Å²) in [5.41, 5.74) is 3.02. The van der Waals surface area contributed by atoms with Gasteiger partial charge in [0.25, 0.3) is 0 Å². The number of hydrogen-bond acceptors (Lipinski definition) is 2. The smallest absolute Gasteiger partial charge is 0.319 e. The van der Waals surface area contributed by atoms with Crippen molar-refractivity contribution in [1.29, 1.82) is 0 Å². The monoisotopic (exact) mass is 309 g/mol. The molecule has 2 amide bonds. The fraction of sp³-hybridized carbons (Fsp3) is 0.167. The molecule has 2 aromatic carbocycles. The normalized spacial score (nSPS) is 10.5. The molecule has 0 saturated heterocycles. The van der Waals surface area contributed by atoms with Crippen molar-refractivity contribution in [1.82, 2.24) is 10.3 Å². The Balaban J connectivity index is 1.50. The minimum absolute atomic E-state index is 0.221. The van der Waals surface area contributed by atoms with Crippen LogP contribution in [-0.2, 0) is 6.42 Å². The molecular weight excluding hydrogens is 290 g/mol.